The number of nitrogens with zero attached hydrogens (tertiary/aromatic N) is 2. The van der Waals surface area contributed by atoms with Gasteiger partial charge in [0.25, 0.3) is 23.6 Å². The van der Waals surface area contributed by atoms with Crippen molar-refractivity contribution >= 4 is 45.6 Å². The van der Waals surface area contributed by atoms with Crippen LogP contribution in [0.15, 0.2) is 23.3 Å². The van der Waals surface area contributed by atoms with E-state index in [4.69, 9.17) is 0 Å². The zero-order valence-electron chi connectivity index (χ0n) is 26.8. The lowest BCUT2D eigenvalue weighted by atomic mass is 9.86. The van der Waals surface area contributed by atoms with Gasteiger partial charge in [0.05, 0.1) is 22.0 Å². The van der Waals surface area contributed by atoms with Crippen molar-refractivity contribution in [2.75, 3.05) is 0 Å². The van der Waals surface area contributed by atoms with Crippen molar-refractivity contribution < 1.29 is 19.2 Å². The summed E-state index contributed by atoms with van der Waals surface area (Å²) in [7, 11) is 1.68. The van der Waals surface area contributed by atoms with Crippen LogP contribution < -0.4 is 0 Å². The lowest BCUT2D eigenvalue weighted by Crippen LogP contribution is -2.25. The van der Waals surface area contributed by atoms with Crippen LogP contribution in [0.1, 0.15) is 167 Å². The van der Waals surface area contributed by atoms with E-state index in [0.717, 1.165) is 49.8 Å². The van der Waals surface area contributed by atoms with Crippen molar-refractivity contribution in [1.82, 2.24) is 8.61 Å². The van der Waals surface area contributed by atoms with Gasteiger partial charge in [0.1, 0.15) is 0 Å². The number of hydrogen-bond donors (Lipinski definition) is 0. The maximum absolute atomic E-state index is 12.8. The van der Waals surface area contributed by atoms with E-state index in [1.807, 2.05) is 0 Å². The second-order valence-electron chi connectivity index (χ2n) is 12.7. The predicted octanol–water partition coefficient (Wildman–Crippen LogP) is 10.2. The molecule has 8 heteroatoms. The Balaban J connectivity index is 1.11. The predicted molar refractivity (Wildman–Crippen MR) is 180 cm³/mol. The quantitative estimate of drug-likeness (QED) is 0.0431. The van der Waals surface area contributed by atoms with E-state index in [9.17, 15) is 19.2 Å². The summed E-state index contributed by atoms with van der Waals surface area (Å²) in [5.74, 6) is -1.96. The first-order valence-corrected chi connectivity index (χ1v) is 19.7. The zero-order valence-corrected chi connectivity index (χ0v) is 28.4. The topological polar surface area (TPSA) is 74.8 Å². The largest absolute Gasteiger partial charge is 0.268 e. The van der Waals surface area contributed by atoms with E-state index in [0.29, 0.717) is 17.6 Å². The number of imide groups is 2. The summed E-state index contributed by atoms with van der Waals surface area (Å²) in [6.45, 7) is 2.29. The normalized spacial score (nSPS) is 17.0. The third kappa shape index (κ3) is 12.4. The molecule has 3 heterocycles. The van der Waals surface area contributed by atoms with Crippen LogP contribution in [-0.4, -0.2) is 32.2 Å². The number of carbonyl (C=O) groups is 4. The molecule has 0 N–H and O–H groups in total. The molecule has 1 fully saturated rings. The second-order valence-corrected chi connectivity index (χ2v) is 14.6. The Morgan fingerprint density at radius 1 is 0.465 bits per heavy atom. The summed E-state index contributed by atoms with van der Waals surface area (Å²) in [4.78, 5) is 50.2. The van der Waals surface area contributed by atoms with Gasteiger partial charge in [0, 0.05) is 29.2 Å². The lowest BCUT2D eigenvalue weighted by molar-refractivity contribution is -0.132. The van der Waals surface area contributed by atoms with E-state index in [1.54, 1.807) is 0 Å². The average Bonchev–Trinajstić information content (AvgIpc) is 3.44. The molecule has 0 unspecified atom stereocenters. The van der Waals surface area contributed by atoms with Gasteiger partial charge < -0.3 is 0 Å². The highest BCUT2D eigenvalue weighted by atomic mass is 33.1. The Morgan fingerprint density at radius 3 is 1.05 bits per heavy atom. The molecule has 242 valence electrons. The molecule has 0 atom stereocenters. The molecule has 0 spiro atoms. The maximum Gasteiger partial charge on any atom is 0.268 e. The zero-order chi connectivity index (χ0) is 30.7. The van der Waals surface area contributed by atoms with Crippen LogP contribution in [0.25, 0.3) is 0 Å². The molecule has 0 aromatic heterocycles. The minimum Gasteiger partial charge on any atom is -0.268 e. The Kier molecular flexibility index (Phi) is 17.8. The van der Waals surface area contributed by atoms with Crippen molar-refractivity contribution in [1.29, 1.82) is 0 Å². The molecule has 0 aromatic carbocycles. The molecule has 4 bridgehead atoms. The van der Waals surface area contributed by atoms with Crippen LogP contribution in [0.4, 0.5) is 0 Å². The molecule has 0 aliphatic carbocycles. The van der Waals surface area contributed by atoms with E-state index in [1.165, 1.54) is 147 Å². The molecular formula is C35H56N2O4S2. The van der Waals surface area contributed by atoms with Gasteiger partial charge in [-0.3, -0.25) is 19.2 Å². The highest BCUT2D eigenvalue weighted by molar-refractivity contribution is 8.75. The summed E-state index contributed by atoms with van der Waals surface area (Å²) in [6, 6.07) is 0. The van der Waals surface area contributed by atoms with E-state index in [-0.39, 0.29) is 23.6 Å². The number of carbonyl (C=O) groups excluding carboxylic acids is 4. The molecular weight excluding hydrogens is 577 g/mol. The van der Waals surface area contributed by atoms with Gasteiger partial charge in [-0.25, -0.2) is 8.61 Å². The highest BCUT2D eigenvalue weighted by Crippen LogP contribution is 2.44. The molecule has 3 aliphatic rings. The van der Waals surface area contributed by atoms with Gasteiger partial charge in [-0.05, 0) is 6.42 Å². The van der Waals surface area contributed by atoms with Gasteiger partial charge in [-0.2, -0.15) is 0 Å². The van der Waals surface area contributed by atoms with E-state index in [2.05, 4.69) is 6.92 Å². The van der Waals surface area contributed by atoms with Crippen molar-refractivity contribution in [3.8, 4) is 0 Å². The SMILES string of the molecule is CCCCCCCCCCCCCCCCCCCCCCCCCCC1C2=CC(=O)N(SSN3C(=O)C=C1C3=O)C2=O. The minimum atomic E-state index is -0.484. The summed E-state index contributed by atoms with van der Waals surface area (Å²) in [5.41, 5.74) is 0.701. The molecule has 1 saturated heterocycles. The van der Waals surface area contributed by atoms with Crippen molar-refractivity contribution in [2.45, 2.75) is 167 Å². The summed E-state index contributed by atoms with van der Waals surface area (Å²) in [5, 5.41) is 0. The fourth-order valence-electron chi connectivity index (χ4n) is 6.44. The standard InChI is InChI=1S/C35H56N2O4S2/c1-2-3-4-5-6-7-8-9-10-11-12-13-14-15-16-17-18-19-20-21-22-23-24-25-26-29-30-27-32(38)36(34(30)40)42-43-37-33(39)28-31(29)35(37)41/h27-29H,2-26H2,1H3. The Morgan fingerprint density at radius 2 is 0.744 bits per heavy atom. The van der Waals surface area contributed by atoms with Crippen LogP contribution >= 0.6 is 22.0 Å². The van der Waals surface area contributed by atoms with Gasteiger partial charge in [0.15, 0.2) is 0 Å². The van der Waals surface area contributed by atoms with Crippen molar-refractivity contribution in [3.05, 3.63) is 23.3 Å². The van der Waals surface area contributed by atoms with Crippen molar-refractivity contribution in [3.63, 3.8) is 0 Å². The van der Waals surface area contributed by atoms with Gasteiger partial charge in [-0.1, -0.05) is 161 Å². The lowest BCUT2D eigenvalue weighted by Gasteiger charge is -2.17. The van der Waals surface area contributed by atoms with Crippen LogP contribution in [0, 0.1) is 5.92 Å². The van der Waals surface area contributed by atoms with Gasteiger partial charge in [-0.15, -0.1) is 0 Å². The fourth-order valence-corrected chi connectivity index (χ4v) is 8.42. The molecule has 0 radical (unpaired) electrons. The molecule has 3 aliphatic heterocycles. The third-order valence-corrected chi connectivity index (χ3v) is 11.3. The van der Waals surface area contributed by atoms with E-state index < -0.39 is 5.92 Å². The molecule has 6 nitrogen and oxygen atoms in total. The second kappa shape index (κ2) is 21.2. The molecule has 0 saturated carbocycles. The average molecular weight is 633 g/mol. The third-order valence-electron chi connectivity index (χ3n) is 9.10. The Bertz CT molecular complexity index is 913. The first-order chi connectivity index (χ1) is 21.0. The smallest absolute Gasteiger partial charge is 0.268 e. The Labute approximate surface area is 269 Å². The summed E-state index contributed by atoms with van der Waals surface area (Å²) < 4.78 is 2.10. The first kappa shape index (κ1) is 35.9. The number of amides is 4. The van der Waals surface area contributed by atoms with Crippen LogP contribution in [0.2, 0.25) is 0 Å². The molecule has 43 heavy (non-hydrogen) atoms. The van der Waals surface area contributed by atoms with Crippen LogP contribution in [-0.2, 0) is 19.2 Å². The van der Waals surface area contributed by atoms with E-state index >= 15 is 0 Å². The first-order valence-electron chi connectivity index (χ1n) is 17.6. The minimum absolute atomic E-state index is 0.350. The number of unbranched alkanes of at least 4 members (excludes halogenated alkanes) is 23. The molecule has 0 aromatic rings. The van der Waals surface area contributed by atoms with Crippen molar-refractivity contribution in [2.24, 2.45) is 5.92 Å². The summed E-state index contributed by atoms with van der Waals surface area (Å²) >= 11 is 0. The summed E-state index contributed by atoms with van der Waals surface area (Å²) in [6.07, 6.45) is 35.5. The maximum atomic E-state index is 12.8. The fraction of sp³-hybridized carbons (Fsp3) is 0.771. The Hall–Kier alpha value is -1.54. The van der Waals surface area contributed by atoms with Crippen LogP contribution in [0.5, 0.6) is 0 Å². The highest BCUT2D eigenvalue weighted by Gasteiger charge is 2.45. The monoisotopic (exact) mass is 632 g/mol. The van der Waals surface area contributed by atoms with Gasteiger partial charge in [0.2, 0.25) is 0 Å². The number of hydrogen-bond acceptors (Lipinski definition) is 6. The molecule has 3 rings (SSSR count). The molecule has 4 amide bonds. The van der Waals surface area contributed by atoms with Crippen LogP contribution in [0.3, 0.4) is 0 Å². The van der Waals surface area contributed by atoms with Gasteiger partial charge >= 0.3 is 0 Å². The number of fused-ring (bicyclic) bond motifs is 4. The number of rotatable bonds is 25.